The standard InChI is InChI=1S/C13H13BrClNO3/c14-9-4-1-3-8(10(9)15)11(17)16-7-13(12(18)19)5-2-6-13/h1,3-4H,2,5-7H2,(H,16,17)(H,18,19). The van der Waals surface area contributed by atoms with Gasteiger partial charge in [-0.25, -0.2) is 0 Å². The van der Waals surface area contributed by atoms with E-state index in [-0.39, 0.29) is 12.5 Å². The van der Waals surface area contributed by atoms with Gasteiger partial charge in [0.15, 0.2) is 0 Å². The zero-order valence-electron chi connectivity index (χ0n) is 10.1. The van der Waals surface area contributed by atoms with Crippen LogP contribution in [0.1, 0.15) is 29.6 Å². The first-order valence-electron chi connectivity index (χ1n) is 5.92. The van der Waals surface area contributed by atoms with Crippen LogP contribution in [0.25, 0.3) is 0 Å². The van der Waals surface area contributed by atoms with Crippen LogP contribution < -0.4 is 5.32 Å². The van der Waals surface area contributed by atoms with Crippen molar-refractivity contribution in [1.82, 2.24) is 5.32 Å². The van der Waals surface area contributed by atoms with Gasteiger partial charge < -0.3 is 10.4 Å². The Morgan fingerprint density at radius 3 is 2.63 bits per heavy atom. The quantitative estimate of drug-likeness (QED) is 0.880. The summed E-state index contributed by atoms with van der Waals surface area (Å²) in [5.74, 6) is -1.20. The Balaban J connectivity index is 2.06. The van der Waals surface area contributed by atoms with Crippen molar-refractivity contribution in [3.63, 3.8) is 0 Å². The maximum atomic E-state index is 12.0. The lowest BCUT2D eigenvalue weighted by molar-refractivity contribution is -0.153. The van der Waals surface area contributed by atoms with Crippen LogP contribution in [0.5, 0.6) is 0 Å². The maximum Gasteiger partial charge on any atom is 0.311 e. The molecule has 1 aliphatic carbocycles. The van der Waals surface area contributed by atoms with Crippen LogP contribution in [0.15, 0.2) is 22.7 Å². The molecule has 1 aromatic carbocycles. The molecule has 0 spiro atoms. The van der Waals surface area contributed by atoms with E-state index in [4.69, 9.17) is 11.6 Å². The molecule has 2 rings (SSSR count). The van der Waals surface area contributed by atoms with Crippen LogP contribution in [0.4, 0.5) is 0 Å². The third kappa shape index (κ3) is 2.77. The molecule has 0 bridgehead atoms. The summed E-state index contributed by atoms with van der Waals surface area (Å²) < 4.78 is 0.637. The minimum Gasteiger partial charge on any atom is -0.481 e. The number of nitrogens with one attached hydrogen (secondary N) is 1. The molecule has 1 fully saturated rings. The third-order valence-corrected chi connectivity index (χ3v) is 4.84. The number of carbonyl (C=O) groups excluding carboxylic acids is 1. The van der Waals surface area contributed by atoms with Gasteiger partial charge in [0.05, 0.1) is 16.0 Å². The molecule has 0 unspecified atom stereocenters. The van der Waals surface area contributed by atoms with Crippen molar-refractivity contribution in [3.8, 4) is 0 Å². The Morgan fingerprint density at radius 1 is 1.42 bits per heavy atom. The van der Waals surface area contributed by atoms with Gasteiger partial charge in [-0.3, -0.25) is 9.59 Å². The summed E-state index contributed by atoms with van der Waals surface area (Å²) in [7, 11) is 0. The number of rotatable bonds is 4. The number of hydrogen-bond acceptors (Lipinski definition) is 2. The fourth-order valence-corrected chi connectivity index (χ4v) is 2.67. The van der Waals surface area contributed by atoms with Crippen LogP contribution in [0, 0.1) is 5.41 Å². The normalized spacial score (nSPS) is 16.5. The molecule has 102 valence electrons. The van der Waals surface area contributed by atoms with E-state index >= 15 is 0 Å². The van der Waals surface area contributed by atoms with Crippen LogP contribution in [0.3, 0.4) is 0 Å². The first-order chi connectivity index (χ1) is 8.96. The number of hydrogen-bond donors (Lipinski definition) is 2. The van der Waals surface area contributed by atoms with Crippen molar-refractivity contribution in [2.45, 2.75) is 19.3 Å². The number of halogens is 2. The van der Waals surface area contributed by atoms with E-state index in [9.17, 15) is 14.7 Å². The molecule has 0 radical (unpaired) electrons. The number of carboxylic acids is 1. The van der Waals surface area contributed by atoms with Gasteiger partial charge in [0.2, 0.25) is 0 Å². The van der Waals surface area contributed by atoms with E-state index < -0.39 is 11.4 Å². The minimum absolute atomic E-state index is 0.143. The number of benzene rings is 1. The second-order valence-corrected chi connectivity index (χ2v) is 5.96. The first kappa shape index (κ1) is 14.3. The summed E-state index contributed by atoms with van der Waals surface area (Å²) in [6.45, 7) is 0.143. The highest BCUT2D eigenvalue weighted by atomic mass is 79.9. The summed E-state index contributed by atoms with van der Waals surface area (Å²) in [6, 6.07) is 5.06. The van der Waals surface area contributed by atoms with Gasteiger partial charge >= 0.3 is 5.97 Å². The van der Waals surface area contributed by atoms with Gasteiger partial charge in [-0.1, -0.05) is 24.1 Å². The number of amides is 1. The maximum absolute atomic E-state index is 12.0. The molecule has 4 nitrogen and oxygen atoms in total. The Kier molecular flexibility index (Phi) is 4.16. The molecule has 19 heavy (non-hydrogen) atoms. The van der Waals surface area contributed by atoms with Gasteiger partial charge in [0.1, 0.15) is 0 Å². The summed E-state index contributed by atoms with van der Waals surface area (Å²) >= 11 is 9.27. The van der Waals surface area contributed by atoms with Gasteiger partial charge in [0.25, 0.3) is 5.91 Å². The second-order valence-electron chi connectivity index (χ2n) is 4.72. The van der Waals surface area contributed by atoms with Gasteiger partial charge in [-0.05, 0) is 40.9 Å². The molecule has 1 saturated carbocycles. The largest absolute Gasteiger partial charge is 0.481 e. The van der Waals surface area contributed by atoms with Crippen LogP contribution in [-0.4, -0.2) is 23.5 Å². The molecule has 2 N–H and O–H groups in total. The van der Waals surface area contributed by atoms with E-state index in [1.54, 1.807) is 18.2 Å². The van der Waals surface area contributed by atoms with Gasteiger partial charge in [-0.15, -0.1) is 0 Å². The molecule has 0 heterocycles. The van der Waals surface area contributed by atoms with E-state index in [2.05, 4.69) is 21.2 Å². The molecule has 1 aromatic rings. The van der Waals surface area contributed by atoms with Crippen molar-refractivity contribution in [3.05, 3.63) is 33.3 Å². The molecule has 0 atom stereocenters. The van der Waals surface area contributed by atoms with Crippen LogP contribution in [0.2, 0.25) is 5.02 Å². The average Bonchev–Trinajstić information content (AvgIpc) is 2.30. The van der Waals surface area contributed by atoms with E-state index in [0.29, 0.717) is 27.9 Å². The Bertz CT molecular complexity index is 529. The fourth-order valence-electron chi connectivity index (χ4n) is 2.09. The van der Waals surface area contributed by atoms with Crippen LogP contribution >= 0.6 is 27.5 Å². The highest BCUT2D eigenvalue weighted by Gasteiger charge is 2.44. The van der Waals surface area contributed by atoms with E-state index in [0.717, 1.165) is 6.42 Å². The van der Waals surface area contributed by atoms with Crippen molar-refractivity contribution in [2.75, 3.05) is 6.54 Å². The molecule has 6 heteroatoms. The molecule has 1 amide bonds. The Morgan fingerprint density at radius 2 is 2.11 bits per heavy atom. The fraction of sp³-hybridized carbons (Fsp3) is 0.385. The summed E-state index contributed by atoms with van der Waals surface area (Å²) in [5, 5.41) is 12.2. The summed E-state index contributed by atoms with van der Waals surface area (Å²) in [6.07, 6.45) is 2.10. The van der Waals surface area contributed by atoms with E-state index in [1.807, 2.05) is 0 Å². The predicted octanol–water partition coefficient (Wildman–Crippen LogP) is 3.09. The van der Waals surface area contributed by atoms with Crippen LogP contribution in [-0.2, 0) is 4.79 Å². The minimum atomic E-state index is -0.848. The van der Waals surface area contributed by atoms with E-state index in [1.165, 1.54) is 0 Å². The number of carboxylic acid groups (broad SMARTS) is 1. The van der Waals surface area contributed by atoms with Crippen molar-refractivity contribution < 1.29 is 14.7 Å². The Labute approximate surface area is 124 Å². The highest BCUT2D eigenvalue weighted by molar-refractivity contribution is 9.10. The topological polar surface area (TPSA) is 66.4 Å². The molecule has 1 aliphatic rings. The lowest BCUT2D eigenvalue weighted by atomic mass is 9.69. The molecule has 0 aromatic heterocycles. The lowest BCUT2D eigenvalue weighted by Gasteiger charge is -2.37. The monoisotopic (exact) mass is 345 g/mol. The summed E-state index contributed by atoms with van der Waals surface area (Å²) in [4.78, 5) is 23.2. The average molecular weight is 347 g/mol. The van der Waals surface area contributed by atoms with Crippen molar-refractivity contribution in [2.24, 2.45) is 5.41 Å². The molecular formula is C13H13BrClNO3. The SMILES string of the molecule is O=C(NCC1(C(=O)O)CCC1)c1cccc(Br)c1Cl. The first-order valence-corrected chi connectivity index (χ1v) is 7.09. The third-order valence-electron chi connectivity index (χ3n) is 3.55. The van der Waals surface area contributed by atoms with Crippen molar-refractivity contribution >= 4 is 39.4 Å². The lowest BCUT2D eigenvalue weighted by Crippen LogP contribution is -2.47. The smallest absolute Gasteiger partial charge is 0.311 e. The predicted molar refractivity (Wildman–Crippen MR) is 75.4 cm³/mol. The molecule has 0 saturated heterocycles. The second kappa shape index (κ2) is 5.51. The number of carbonyl (C=O) groups is 2. The Hall–Kier alpha value is -1.07. The number of aliphatic carboxylic acids is 1. The summed E-state index contributed by atoms with van der Waals surface area (Å²) in [5.41, 5.74) is -0.454. The molecule has 0 aliphatic heterocycles. The zero-order valence-corrected chi connectivity index (χ0v) is 12.4. The van der Waals surface area contributed by atoms with Crippen molar-refractivity contribution in [1.29, 1.82) is 0 Å². The van der Waals surface area contributed by atoms with Gasteiger partial charge in [-0.2, -0.15) is 0 Å². The van der Waals surface area contributed by atoms with Gasteiger partial charge in [0, 0.05) is 11.0 Å². The molecular weight excluding hydrogens is 334 g/mol. The highest BCUT2D eigenvalue weighted by Crippen LogP contribution is 2.40. The zero-order chi connectivity index (χ0) is 14.0.